The smallest absolute Gasteiger partial charge is 0.317 e. The first-order valence-corrected chi connectivity index (χ1v) is 8.31. The molecular formula is C18H23NO6. The zero-order valence-electron chi connectivity index (χ0n) is 14.6. The van der Waals surface area contributed by atoms with Crippen molar-refractivity contribution in [2.24, 2.45) is 11.8 Å². The van der Waals surface area contributed by atoms with Crippen molar-refractivity contribution in [3.63, 3.8) is 0 Å². The molecule has 0 saturated heterocycles. The summed E-state index contributed by atoms with van der Waals surface area (Å²) in [6.07, 6.45) is 2.71. The Morgan fingerprint density at radius 2 is 1.92 bits per heavy atom. The molecule has 0 unspecified atom stereocenters. The summed E-state index contributed by atoms with van der Waals surface area (Å²) in [7, 11) is 0. The number of hydrogen-bond acceptors (Lipinski definition) is 7. The lowest BCUT2D eigenvalue weighted by Gasteiger charge is -2.43. The minimum atomic E-state index is -1.63. The third-order valence-electron chi connectivity index (χ3n) is 4.42. The Hall–Kier alpha value is -2.28. The number of ketones is 1. The minimum Gasteiger partial charge on any atom is -0.466 e. The number of ether oxygens (including phenoxy) is 2. The van der Waals surface area contributed by atoms with Gasteiger partial charge in [-0.15, -0.1) is 0 Å². The number of hydrogen-bond donors (Lipinski definition) is 1. The molecule has 1 fully saturated rings. The number of carbonyl (C=O) groups is 3. The van der Waals surface area contributed by atoms with E-state index in [4.69, 9.17) is 9.47 Å². The van der Waals surface area contributed by atoms with Gasteiger partial charge in [0.05, 0.1) is 24.7 Å². The van der Waals surface area contributed by atoms with Crippen molar-refractivity contribution in [2.75, 3.05) is 13.2 Å². The lowest BCUT2D eigenvalue weighted by atomic mass is 9.62. The minimum absolute atomic E-state index is 0.114. The van der Waals surface area contributed by atoms with Crippen LogP contribution in [-0.4, -0.2) is 46.6 Å². The predicted molar refractivity (Wildman–Crippen MR) is 87.5 cm³/mol. The third-order valence-corrected chi connectivity index (χ3v) is 4.42. The zero-order valence-corrected chi connectivity index (χ0v) is 14.6. The number of aliphatic hydroxyl groups is 1. The monoisotopic (exact) mass is 349 g/mol. The van der Waals surface area contributed by atoms with Crippen LogP contribution in [0.25, 0.3) is 0 Å². The highest BCUT2D eigenvalue weighted by atomic mass is 16.5. The summed E-state index contributed by atoms with van der Waals surface area (Å²) in [5.74, 6) is -4.97. The summed E-state index contributed by atoms with van der Waals surface area (Å²) in [6, 6.07) is 3.32. The summed E-state index contributed by atoms with van der Waals surface area (Å²) in [5, 5.41) is 10.8. The average molecular weight is 349 g/mol. The van der Waals surface area contributed by atoms with E-state index in [-0.39, 0.29) is 19.6 Å². The van der Waals surface area contributed by atoms with Crippen LogP contribution in [0.3, 0.4) is 0 Å². The van der Waals surface area contributed by atoms with Gasteiger partial charge in [0.25, 0.3) is 0 Å². The molecule has 0 spiro atoms. The van der Waals surface area contributed by atoms with Gasteiger partial charge in [0, 0.05) is 24.7 Å². The molecule has 1 aliphatic rings. The molecule has 1 N–H and O–H groups in total. The van der Waals surface area contributed by atoms with Crippen LogP contribution >= 0.6 is 0 Å². The normalized spacial score (nSPS) is 29.1. The Kier molecular flexibility index (Phi) is 5.89. The lowest BCUT2D eigenvalue weighted by molar-refractivity contribution is -0.172. The van der Waals surface area contributed by atoms with E-state index in [2.05, 4.69) is 4.98 Å². The van der Waals surface area contributed by atoms with E-state index >= 15 is 0 Å². The van der Waals surface area contributed by atoms with Gasteiger partial charge in [-0.1, -0.05) is 6.07 Å². The maximum Gasteiger partial charge on any atom is 0.317 e. The highest BCUT2D eigenvalue weighted by Crippen LogP contribution is 2.46. The molecular weight excluding hydrogens is 326 g/mol. The summed E-state index contributed by atoms with van der Waals surface area (Å²) < 4.78 is 10.2. The first-order valence-electron chi connectivity index (χ1n) is 8.31. The molecule has 0 bridgehead atoms. The molecule has 1 heterocycles. The summed E-state index contributed by atoms with van der Waals surface area (Å²) in [4.78, 5) is 41.6. The molecule has 136 valence electrons. The van der Waals surface area contributed by atoms with Gasteiger partial charge in [0.2, 0.25) is 0 Å². The van der Waals surface area contributed by atoms with Crippen LogP contribution in [0.15, 0.2) is 24.5 Å². The Labute approximate surface area is 146 Å². The van der Waals surface area contributed by atoms with Crippen LogP contribution in [0.2, 0.25) is 0 Å². The fourth-order valence-electron chi connectivity index (χ4n) is 3.45. The van der Waals surface area contributed by atoms with Crippen LogP contribution in [0.1, 0.15) is 38.7 Å². The van der Waals surface area contributed by atoms with Gasteiger partial charge in [0.1, 0.15) is 5.92 Å². The van der Waals surface area contributed by atoms with Crippen molar-refractivity contribution in [3.05, 3.63) is 30.1 Å². The van der Waals surface area contributed by atoms with Crippen molar-refractivity contribution in [3.8, 4) is 0 Å². The molecule has 1 aromatic rings. The second-order valence-electron chi connectivity index (χ2n) is 6.27. The number of carbonyl (C=O) groups excluding carboxylic acids is 3. The standard InChI is InChI=1S/C18H23NO6/c1-4-24-16(21)14-12(20)9-18(3,23)15(17(22)25-5-2)13(14)11-7-6-8-19-10-11/h6-8,10,13-15,23H,4-5,9H2,1-3H3/t13-,14+,15+,18+/m1/s1. The van der Waals surface area contributed by atoms with Gasteiger partial charge in [-0.3, -0.25) is 19.4 Å². The van der Waals surface area contributed by atoms with Gasteiger partial charge in [-0.05, 0) is 32.4 Å². The molecule has 0 aliphatic heterocycles. The Morgan fingerprint density at radius 3 is 2.48 bits per heavy atom. The molecule has 1 aromatic heterocycles. The van der Waals surface area contributed by atoms with E-state index in [1.165, 1.54) is 13.1 Å². The molecule has 2 rings (SSSR count). The SMILES string of the molecule is CCOC(=O)[C@H]1C(=O)C[C@](C)(O)[C@H](C(=O)OCC)[C@@H]1c1cccnc1. The third kappa shape index (κ3) is 3.87. The van der Waals surface area contributed by atoms with Crippen LogP contribution in [0, 0.1) is 11.8 Å². The largest absolute Gasteiger partial charge is 0.466 e. The molecule has 25 heavy (non-hydrogen) atoms. The van der Waals surface area contributed by atoms with Gasteiger partial charge < -0.3 is 14.6 Å². The first-order chi connectivity index (χ1) is 11.8. The Bertz CT molecular complexity index is 642. The lowest BCUT2D eigenvalue weighted by Crippen LogP contribution is -2.55. The second kappa shape index (κ2) is 7.74. The number of nitrogens with zero attached hydrogens (tertiary/aromatic N) is 1. The Morgan fingerprint density at radius 1 is 1.28 bits per heavy atom. The van der Waals surface area contributed by atoms with Crippen LogP contribution in [0.4, 0.5) is 0 Å². The molecule has 0 amide bonds. The zero-order chi connectivity index (χ0) is 18.6. The second-order valence-corrected chi connectivity index (χ2v) is 6.27. The van der Waals surface area contributed by atoms with E-state index < -0.39 is 41.1 Å². The van der Waals surface area contributed by atoms with Crippen LogP contribution in [0.5, 0.6) is 0 Å². The van der Waals surface area contributed by atoms with Gasteiger partial charge in [0.15, 0.2) is 5.78 Å². The van der Waals surface area contributed by atoms with E-state index in [0.717, 1.165) is 0 Å². The van der Waals surface area contributed by atoms with Gasteiger partial charge in [-0.25, -0.2) is 0 Å². The summed E-state index contributed by atoms with van der Waals surface area (Å²) >= 11 is 0. The topological polar surface area (TPSA) is 103 Å². The van der Waals surface area contributed by atoms with Crippen LogP contribution in [-0.2, 0) is 23.9 Å². The number of rotatable bonds is 5. The van der Waals surface area contributed by atoms with E-state index in [9.17, 15) is 19.5 Å². The predicted octanol–water partition coefficient (Wildman–Crippen LogP) is 1.25. The van der Waals surface area contributed by atoms with E-state index in [1.54, 1.807) is 32.2 Å². The number of Topliss-reactive ketones (excluding diaryl/α,β-unsaturated/α-hetero) is 1. The average Bonchev–Trinajstić information content (AvgIpc) is 2.54. The number of aromatic nitrogens is 1. The fourth-order valence-corrected chi connectivity index (χ4v) is 3.45. The maximum atomic E-state index is 12.6. The van der Waals surface area contributed by atoms with Crippen molar-refractivity contribution < 1.29 is 29.0 Å². The van der Waals surface area contributed by atoms with E-state index in [1.807, 2.05) is 0 Å². The van der Waals surface area contributed by atoms with Crippen LogP contribution < -0.4 is 0 Å². The molecule has 7 heteroatoms. The Balaban J connectivity index is 2.57. The van der Waals surface area contributed by atoms with E-state index in [0.29, 0.717) is 5.56 Å². The van der Waals surface area contributed by atoms with Crippen molar-refractivity contribution >= 4 is 17.7 Å². The highest BCUT2D eigenvalue weighted by molar-refractivity contribution is 6.02. The maximum absolute atomic E-state index is 12.6. The molecule has 4 atom stereocenters. The number of pyridine rings is 1. The molecule has 7 nitrogen and oxygen atoms in total. The molecule has 0 radical (unpaired) electrons. The van der Waals surface area contributed by atoms with Crippen molar-refractivity contribution in [2.45, 2.75) is 38.7 Å². The molecule has 1 aliphatic carbocycles. The quantitative estimate of drug-likeness (QED) is 0.630. The highest BCUT2D eigenvalue weighted by Gasteiger charge is 2.57. The van der Waals surface area contributed by atoms with Gasteiger partial charge >= 0.3 is 11.9 Å². The fraction of sp³-hybridized carbons (Fsp3) is 0.556. The summed E-state index contributed by atoms with van der Waals surface area (Å²) in [6.45, 7) is 4.95. The summed E-state index contributed by atoms with van der Waals surface area (Å²) in [5.41, 5.74) is -1.13. The van der Waals surface area contributed by atoms with Crippen molar-refractivity contribution in [1.29, 1.82) is 0 Å². The number of esters is 2. The van der Waals surface area contributed by atoms with Crippen molar-refractivity contribution in [1.82, 2.24) is 4.98 Å². The van der Waals surface area contributed by atoms with Gasteiger partial charge in [-0.2, -0.15) is 0 Å². The molecule has 0 aromatic carbocycles. The molecule has 1 saturated carbocycles. The first kappa shape index (κ1) is 19.1.